The number of benzene rings is 1. The Morgan fingerprint density at radius 2 is 2.00 bits per heavy atom. The molecule has 0 bridgehead atoms. The molecular weight excluding hydrogens is 234 g/mol. The van der Waals surface area contributed by atoms with E-state index in [1.807, 2.05) is 17.8 Å². The normalized spacial score (nSPS) is 11.4. The van der Waals surface area contributed by atoms with Gasteiger partial charge in [-0.1, -0.05) is 26.8 Å². The Balaban J connectivity index is 3.34. The highest BCUT2D eigenvalue weighted by Crippen LogP contribution is 2.36. The molecule has 1 N–H and O–H groups in total. The van der Waals surface area contributed by atoms with Crippen LogP contribution in [0.3, 0.4) is 0 Å². The molecule has 0 amide bonds. The third kappa shape index (κ3) is 3.30. The third-order valence-electron chi connectivity index (χ3n) is 2.65. The van der Waals surface area contributed by atoms with Gasteiger partial charge in [0, 0.05) is 11.3 Å². The fraction of sp³-hybridized carbons (Fsp3) is 0.538. The standard InChI is InChI=1S/C13H20NO2S/c1-13(2,3)10-6-9(8-17-5)12(16-4)11(7-10)14-15/h6-7,14H,8H2,1-5H3/q-1. The SMILES string of the molecule is COc1c(CSC)cc(C(C)(C)C)cc1N[O-]. The molecule has 0 aromatic heterocycles. The molecule has 0 aliphatic rings. The first kappa shape index (κ1) is 14.2. The number of thioether (sulfide) groups is 1. The van der Waals surface area contributed by atoms with Crippen LogP contribution in [0.5, 0.6) is 5.75 Å². The quantitative estimate of drug-likeness (QED) is 0.831. The highest BCUT2D eigenvalue weighted by atomic mass is 32.2. The minimum Gasteiger partial charge on any atom is -0.761 e. The van der Waals surface area contributed by atoms with Gasteiger partial charge in [-0.05, 0) is 23.3 Å². The summed E-state index contributed by atoms with van der Waals surface area (Å²) in [7, 11) is 1.59. The van der Waals surface area contributed by atoms with Crippen molar-refractivity contribution in [2.24, 2.45) is 0 Å². The van der Waals surface area contributed by atoms with Crippen LogP contribution in [0.2, 0.25) is 0 Å². The van der Waals surface area contributed by atoms with E-state index in [1.165, 1.54) is 0 Å². The predicted molar refractivity (Wildman–Crippen MR) is 75.9 cm³/mol. The Hall–Kier alpha value is -0.870. The number of anilines is 1. The van der Waals surface area contributed by atoms with Crippen LogP contribution in [0, 0.1) is 5.21 Å². The molecule has 0 aliphatic carbocycles. The van der Waals surface area contributed by atoms with Gasteiger partial charge in [-0.2, -0.15) is 11.8 Å². The molecule has 1 rings (SSSR count). The molecule has 4 heteroatoms. The summed E-state index contributed by atoms with van der Waals surface area (Å²) in [6.07, 6.45) is 2.04. The Kier molecular flexibility index (Phi) is 4.71. The molecule has 0 unspecified atom stereocenters. The second-order valence-electron chi connectivity index (χ2n) is 5.00. The monoisotopic (exact) mass is 254 g/mol. The topological polar surface area (TPSA) is 44.3 Å². The molecule has 0 radical (unpaired) electrons. The van der Waals surface area contributed by atoms with Crippen molar-refractivity contribution in [1.82, 2.24) is 0 Å². The Morgan fingerprint density at radius 1 is 1.35 bits per heavy atom. The molecule has 0 saturated carbocycles. The molecule has 96 valence electrons. The Labute approximate surface area is 108 Å². The van der Waals surface area contributed by atoms with Crippen LogP contribution in [0.4, 0.5) is 5.69 Å². The van der Waals surface area contributed by atoms with Crippen LogP contribution in [0.25, 0.3) is 0 Å². The maximum absolute atomic E-state index is 11.0. The van der Waals surface area contributed by atoms with Gasteiger partial charge in [-0.3, -0.25) is 0 Å². The zero-order valence-electron chi connectivity index (χ0n) is 11.1. The van der Waals surface area contributed by atoms with E-state index in [-0.39, 0.29) is 5.41 Å². The van der Waals surface area contributed by atoms with Gasteiger partial charge in [0.15, 0.2) is 0 Å². The largest absolute Gasteiger partial charge is 0.761 e. The molecule has 1 aromatic carbocycles. The van der Waals surface area contributed by atoms with E-state index in [2.05, 4.69) is 26.8 Å². The van der Waals surface area contributed by atoms with Crippen LogP contribution < -0.4 is 10.2 Å². The molecule has 0 heterocycles. The summed E-state index contributed by atoms with van der Waals surface area (Å²) in [5, 5.41) is 11.0. The van der Waals surface area contributed by atoms with Gasteiger partial charge in [-0.25, -0.2) is 0 Å². The summed E-state index contributed by atoms with van der Waals surface area (Å²) in [6, 6.07) is 3.99. The number of nitrogens with one attached hydrogen (secondary N) is 1. The summed E-state index contributed by atoms with van der Waals surface area (Å²) in [5.74, 6) is 1.49. The average Bonchev–Trinajstić information content (AvgIpc) is 2.27. The van der Waals surface area contributed by atoms with Crippen LogP contribution >= 0.6 is 11.8 Å². The lowest BCUT2D eigenvalue weighted by Gasteiger charge is -2.25. The average molecular weight is 254 g/mol. The maximum atomic E-state index is 11.0. The van der Waals surface area contributed by atoms with Gasteiger partial charge in [-0.15, -0.1) is 0 Å². The van der Waals surface area contributed by atoms with Crippen molar-refractivity contribution in [3.05, 3.63) is 28.5 Å². The van der Waals surface area contributed by atoms with Crippen molar-refractivity contribution in [3.63, 3.8) is 0 Å². The second kappa shape index (κ2) is 5.65. The highest BCUT2D eigenvalue weighted by Gasteiger charge is 2.18. The molecule has 0 spiro atoms. The number of rotatable bonds is 4. The number of hydrogen-bond donors (Lipinski definition) is 1. The zero-order chi connectivity index (χ0) is 13.1. The van der Waals surface area contributed by atoms with Crippen molar-refractivity contribution in [2.75, 3.05) is 18.8 Å². The zero-order valence-corrected chi connectivity index (χ0v) is 11.9. The van der Waals surface area contributed by atoms with Crippen LogP contribution in [-0.4, -0.2) is 13.4 Å². The summed E-state index contributed by atoms with van der Waals surface area (Å²) in [6.45, 7) is 6.39. The first-order valence-corrected chi connectivity index (χ1v) is 6.92. The van der Waals surface area contributed by atoms with Gasteiger partial charge in [0.1, 0.15) is 5.75 Å². The van der Waals surface area contributed by atoms with Crippen molar-refractivity contribution in [2.45, 2.75) is 31.9 Å². The molecule has 0 atom stereocenters. The molecule has 3 nitrogen and oxygen atoms in total. The van der Waals surface area contributed by atoms with Crippen LogP contribution in [-0.2, 0) is 11.2 Å². The first-order chi connectivity index (χ1) is 7.93. The number of ether oxygens (including phenoxy) is 1. The van der Waals surface area contributed by atoms with Crippen LogP contribution in [0.15, 0.2) is 12.1 Å². The van der Waals surface area contributed by atoms with E-state index in [9.17, 15) is 5.21 Å². The summed E-state index contributed by atoms with van der Waals surface area (Å²) in [4.78, 5) is 0. The minimum absolute atomic E-state index is 0.0189. The minimum atomic E-state index is 0.0189. The van der Waals surface area contributed by atoms with Crippen molar-refractivity contribution >= 4 is 17.4 Å². The van der Waals surface area contributed by atoms with Crippen molar-refractivity contribution in [1.29, 1.82) is 0 Å². The van der Waals surface area contributed by atoms with E-state index < -0.39 is 0 Å². The van der Waals surface area contributed by atoms with Gasteiger partial charge >= 0.3 is 0 Å². The Morgan fingerprint density at radius 3 is 2.41 bits per heavy atom. The predicted octanol–water partition coefficient (Wildman–Crippen LogP) is 3.77. The first-order valence-electron chi connectivity index (χ1n) is 5.52. The molecule has 17 heavy (non-hydrogen) atoms. The summed E-state index contributed by atoms with van der Waals surface area (Å²) < 4.78 is 5.31. The Bertz CT molecular complexity index is 386. The fourth-order valence-corrected chi connectivity index (χ4v) is 2.23. The van der Waals surface area contributed by atoms with Crippen molar-refractivity contribution in [3.8, 4) is 5.75 Å². The lowest BCUT2D eigenvalue weighted by atomic mass is 9.85. The summed E-state index contributed by atoms with van der Waals surface area (Å²) in [5.41, 5.74) is 4.71. The van der Waals surface area contributed by atoms with Crippen LogP contribution in [0.1, 0.15) is 31.9 Å². The number of hydrogen-bond acceptors (Lipinski definition) is 4. The van der Waals surface area contributed by atoms with Gasteiger partial charge in [0.05, 0.1) is 12.8 Å². The maximum Gasteiger partial charge on any atom is 0.145 e. The lowest BCUT2D eigenvalue weighted by Crippen LogP contribution is -2.12. The van der Waals surface area contributed by atoms with Gasteiger partial charge < -0.3 is 15.4 Å². The fourth-order valence-electron chi connectivity index (χ4n) is 1.70. The van der Waals surface area contributed by atoms with Gasteiger partial charge in [0.25, 0.3) is 0 Å². The second-order valence-corrected chi connectivity index (χ2v) is 5.87. The van der Waals surface area contributed by atoms with E-state index >= 15 is 0 Å². The lowest BCUT2D eigenvalue weighted by molar-refractivity contribution is 0.412. The third-order valence-corrected chi connectivity index (χ3v) is 3.25. The van der Waals surface area contributed by atoms with E-state index in [0.29, 0.717) is 11.4 Å². The molecule has 0 fully saturated rings. The van der Waals surface area contributed by atoms with E-state index in [1.54, 1.807) is 18.9 Å². The smallest absolute Gasteiger partial charge is 0.145 e. The highest BCUT2D eigenvalue weighted by molar-refractivity contribution is 7.97. The molecular formula is C13H20NO2S-. The van der Waals surface area contributed by atoms with Crippen molar-refractivity contribution < 1.29 is 4.74 Å². The molecule has 0 saturated heterocycles. The van der Waals surface area contributed by atoms with E-state index in [0.717, 1.165) is 16.9 Å². The molecule has 0 aliphatic heterocycles. The molecule has 1 aromatic rings. The van der Waals surface area contributed by atoms with E-state index in [4.69, 9.17) is 4.74 Å². The summed E-state index contributed by atoms with van der Waals surface area (Å²) >= 11 is 1.71. The van der Waals surface area contributed by atoms with Gasteiger partial charge in [0.2, 0.25) is 0 Å². The number of methoxy groups -OCH3 is 1.